The predicted molar refractivity (Wildman–Crippen MR) is 146 cm³/mol. The molecular weight excluding hydrogens is 623 g/mol. The Labute approximate surface area is 248 Å². The Morgan fingerprint density at radius 3 is 2.02 bits per heavy atom. The van der Waals surface area contributed by atoms with Gasteiger partial charge in [-0.3, -0.25) is 4.79 Å². The van der Waals surface area contributed by atoms with Crippen molar-refractivity contribution in [3.8, 4) is 22.5 Å². The number of aromatic nitrogens is 3. The lowest BCUT2D eigenvalue weighted by Crippen LogP contribution is -2.43. The standard InChI is InChI=1S/C23H22FN5O2.2C2HF3O2/c24-19-10-14(1-2-15(19)13-30)16-9-18(23(31)26-12-16)22-27-20-4-3-17(11-21(20)28-22)29-7-5-25-6-8-29;2*3-2(4,5)1(6)7/h1-4,9-12,25,30H,5-8,13H2,(H,26,31)(H,27,28);2*(H,6,7). The van der Waals surface area contributed by atoms with Crippen molar-refractivity contribution in [2.24, 2.45) is 0 Å². The van der Waals surface area contributed by atoms with Crippen LogP contribution in [-0.2, 0) is 16.2 Å². The molecule has 18 heteroatoms. The van der Waals surface area contributed by atoms with Crippen molar-refractivity contribution in [3.63, 3.8) is 0 Å². The van der Waals surface area contributed by atoms with Crippen LogP contribution in [-0.4, -0.2) is 80.7 Å². The van der Waals surface area contributed by atoms with Gasteiger partial charge in [0.2, 0.25) is 0 Å². The van der Waals surface area contributed by atoms with E-state index in [-0.39, 0.29) is 17.7 Å². The molecule has 0 spiro atoms. The highest BCUT2D eigenvalue weighted by Gasteiger charge is 2.38. The smallest absolute Gasteiger partial charge is 0.475 e. The average Bonchev–Trinajstić information content (AvgIpc) is 3.41. The molecule has 0 unspecified atom stereocenters. The minimum atomic E-state index is -5.08. The molecule has 1 fully saturated rings. The number of aliphatic hydroxyl groups is 1. The summed E-state index contributed by atoms with van der Waals surface area (Å²) in [6.45, 7) is 3.43. The van der Waals surface area contributed by atoms with Crippen molar-refractivity contribution >= 4 is 28.7 Å². The number of pyridine rings is 1. The van der Waals surface area contributed by atoms with Crippen LogP contribution < -0.4 is 15.8 Å². The van der Waals surface area contributed by atoms with E-state index in [1.165, 1.54) is 12.1 Å². The van der Waals surface area contributed by atoms with Crippen LogP contribution in [0, 0.1) is 5.82 Å². The Morgan fingerprint density at radius 1 is 0.889 bits per heavy atom. The fourth-order valence-corrected chi connectivity index (χ4v) is 3.93. The fourth-order valence-electron chi connectivity index (χ4n) is 3.93. The van der Waals surface area contributed by atoms with Gasteiger partial charge in [-0.25, -0.2) is 19.0 Å². The van der Waals surface area contributed by atoms with Gasteiger partial charge >= 0.3 is 24.3 Å². The molecule has 5 rings (SSSR count). The van der Waals surface area contributed by atoms with Crippen LogP contribution in [0.15, 0.2) is 53.5 Å². The average molecular weight is 648 g/mol. The maximum atomic E-state index is 14.1. The Bertz CT molecular complexity index is 1690. The van der Waals surface area contributed by atoms with Gasteiger partial charge in [0.05, 0.1) is 23.2 Å². The molecule has 6 N–H and O–H groups in total. The lowest BCUT2D eigenvalue weighted by atomic mass is 10.0. The number of aliphatic carboxylic acids is 2. The first-order valence-corrected chi connectivity index (χ1v) is 12.7. The van der Waals surface area contributed by atoms with Gasteiger partial charge < -0.3 is 35.5 Å². The van der Waals surface area contributed by atoms with E-state index in [9.17, 15) is 40.6 Å². The van der Waals surface area contributed by atoms with Crippen LogP contribution in [0.2, 0.25) is 0 Å². The highest BCUT2D eigenvalue weighted by molar-refractivity contribution is 5.83. The van der Waals surface area contributed by atoms with Gasteiger partial charge in [0.25, 0.3) is 5.56 Å². The molecule has 242 valence electrons. The molecule has 0 radical (unpaired) electrons. The van der Waals surface area contributed by atoms with E-state index in [0.29, 0.717) is 22.5 Å². The molecule has 0 saturated carbocycles. The van der Waals surface area contributed by atoms with Gasteiger partial charge in [0.15, 0.2) is 0 Å². The number of hydrogen-bond acceptors (Lipinski definition) is 7. The number of halogens is 7. The first kappa shape index (κ1) is 34.5. The number of anilines is 1. The van der Waals surface area contributed by atoms with Crippen LogP contribution in [0.4, 0.5) is 36.4 Å². The first-order valence-electron chi connectivity index (χ1n) is 12.7. The topological polar surface area (TPSA) is 172 Å². The van der Waals surface area contributed by atoms with Gasteiger partial charge in [-0.15, -0.1) is 0 Å². The highest BCUT2D eigenvalue weighted by Crippen LogP contribution is 2.27. The number of piperazine rings is 1. The summed E-state index contributed by atoms with van der Waals surface area (Å²) >= 11 is 0. The van der Waals surface area contributed by atoms with E-state index in [1.807, 2.05) is 12.1 Å². The first-order chi connectivity index (χ1) is 21.0. The van der Waals surface area contributed by atoms with E-state index in [4.69, 9.17) is 19.8 Å². The van der Waals surface area contributed by atoms with Crippen molar-refractivity contribution in [1.29, 1.82) is 0 Å². The molecule has 2 aromatic heterocycles. The molecule has 1 aliphatic heterocycles. The molecule has 3 heterocycles. The van der Waals surface area contributed by atoms with Gasteiger partial charge in [-0.1, -0.05) is 12.1 Å². The molecule has 1 aliphatic rings. The zero-order valence-corrected chi connectivity index (χ0v) is 22.8. The predicted octanol–water partition coefficient (Wildman–Crippen LogP) is 3.89. The number of carboxylic acids is 2. The van der Waals surface area contributed by atoms with E-state index >= 15 is 0 Å². The lowest BCUT2D eigenvalue weighted by molar-refractivity contribution is -0.193. The number of H-pyrrole nitrogens is 2. The molecule has 1 saturated heterocycles. The van der Waals surface area contributed by atoms with Crippen molar-refractivity contribution in [2.75, 3.05) is 31.1 Å². The second-order valence-corrected chi connectivity index (χ2v) is 9.23. The third-order valence-electron chi connectivity index (χ3n) is 6.15. The van der Waals surface area contributed by atoms with Gasteiger partial charge in [-0.2, -0.15) is 26.3 Å². The minimum Gasteiger partial charge on any atom is -0.475 e. The van der Waals surface area contributed by atoms with Crippen molar-refractivity contribution in [3.05, 3.63) is 70.4 Å². The summed E-state index contributed by atoms with van der Waals surface area (Å²) in [5.41, 5.74) is 4.33. The zero-order valence-electron chi connectivity index (χ0n) is 22.8. The SMILES string of the molecule is O=C(O)C(F)(F)F.O=C(O)C(F)(F)F.O=c1[nH]cc(-c2ccc(CO)c(F)c2)cc1-c1nc2ccc(N3CCNCC3)cc2[nH]1. The Kier molecular flexibility index (Phi) is 10.9. The third-order valence-corrected chi connectivity index (χ3v) is 6.15. The van der Waals surface area contributed by atoms with Crippen molar-refractivity contribution < 1.29 is 55.6 Å². The monoisotopic (exact) mass is 647 g/mol. The second-order valence-electron chi connectivity index (χ2n) is 9.23. The summed E-state index contributed by atoms with van der Waals surface area (Å²) in [5, 5.41) is 26.8. The molecule has 0 atom stereocenters. The number of rotatable bonds is 4. The van der Waals surface area contributed by atoms with E-state index in [1.54, 1.807) is 18.3 Å². The van der Waals surface area contributed by atoms with Crippen LogP contribution in [0.1, 0.15) is 5.56 Å². The van der Waals surface area contributed by atoms with Crippen LogP contribution in [0.3, 0.4) is 0 Å². The quantitative estimate of drug-likeness (QED) is 0.180. The molecule has 0 aliphatic carbocycles. The Balaban J connectivity index is 0.000000331. The number of alkyl halides is 6. The molecule has 2 aromatic carbocycles. The summed E-state index contributed by atoms with van der Waals surface area (Å²) in [4.78, 5) is 43.2. The molecule has 11 nitrogen and oxygen atoms in total. The number of nitrogens with one attached hydrogen (secondary N) is 3. The summed E-state index contributed by atoms with van der Waals surface area (Å²) in [7, 11) is 0. The summed E-state index contributed by atoms with van der Waals surface area (Å²) < 4.78 is 77.6. The maximum absolute atomic E-state index is 14.1. The summed E-state index contributed by atoms with van der Waals surface area (Å²) in [6.07, 6.45) is -8.62. The number of aromatic amines is 2. The second kappa shape index (κ2) is 14.2. The van der Waals surface area contributed by atoms with Gasteiger partial charge in [-0.05, 0) is 41.5 Å². The Hall–Kier alpha value is -4.97. The number of fused-ring (bicyclic) bond motifs is 1. The van der Waals surface area contributed by atoms with Crippen LogP contribution in [0.5, 0.6) is 0 Å². The normalized spacial score (nSPS) is 13.4. The Morgan fingerprint density at radius 2 is 1.49 bits per heavy atom. The highest BCUT2D eigenvalue weighted by atomic mass is 19.4. The minimum absolute atomic E-state index is 0.228. The fraction of sp³-hybridized carbons (Fsp3) is 0.259. The van der Waals surface area contributed by atoms with Gasteiger partial charge in [0, 0.05) is 43.6 Å². The number of aliphatic hydroxyl groups excluding tert-OH is 1. The zero-order chi connectivity index (χ0) is 33.5. The number of benzene rings is 2. The van der Waals surface area contributed by atoms with Crippen LogP contribution >= 0.6 is 0 Å². The number of imidazole rings is 1. The van der Waals surface area contributed by atoms with E-state index < -0.39 is 30.1 Å². The van der Waals surface area contributed by atoms with E-state index in [2.05, 4.69) is 31.2 Å². The van der Waals surface area contributed by atoms with Crippen LogP contribution in [0.25, 0.3) is 33.5 Å². The summed E-state index contributed by atoms with van der Waals surface area (Å²) in [5.74, 6) is -5.54. The molecular formula is C27H24F7N5O6. The molecule has 4 aromatic rings. The van der Waals surface area contributed by atoms with Crippen molar-refractivity contribution in [1.82, 2.24) is 20.3 Å². The molecule has 0 bridgehead atoms. The maximum Gasteiger partial charge on any atom is 0.490 e. The number of nitrogens with zero attached hydrogens (tertiary/aromatic N) is 2. The molecule has 0 amide bonds. The van der Waals surface area contributed by atoms with E-state index in [0.717, 1.165) is 42.9 Å². The molecule has 45 heavy (non-hydrogen) atoms. The third kappa shape index (κ3) is 9.26. The largest absolute Gasteiger partial charge is 0.490 e. The number of carbonyl (C=O) groups is 2. The lowest BCUT2D eigenvalue weighted by Gasteiger charge is -2.29. The summed E-state index contributed by atoms with van der Waals surface area (Å²) in [6, 6.07) is 12.3. The van der Waals surface area contributed by atoms with Gasteiger partial charge in [0.1, 0.15) is 11.6 Å². The van der Waals surface area contributed by atoms with Crippen molar-refractivity contribution in [2.45, 2.75) is 19.0 Å². The number of carboxylic acid groups (broad SMARTS) is 2. The number of hydrogen-bond donors (Lipinski definition) is 6.